The Morgan fingerprint density at radius 1 is 1.15 bits per heavy atom. The number of nitrogens with one attached hydrogen (secondary N) is 1. The van der Waals surface area contributed by atoms with Crippen LogP contribution in [0.2, 0.25) is 5.02 Å². The maximum Gasteiger partial charge on any atom is 0.142 e. The Hall–Kier alpha value is -1.38. The maximum absolute atomic E-state index is 13.6. The third-order valence-corrected chi connectivity index (χ3v) is 3.89. The van der Waals surface area contributed by atoms with Crippen LogP contribution in [0.25, 0.3) is 0 Å². The van der Waals surface area contributed by atoms with Gasteiger partial charge in [0.25, 0.3) is 0 Å². The van der Waals surface area contributed by atoms with Crippen LogP contribution in [0.4, 0.5) is 4.39 Å². The van der Waals surface area contributed by atoms with Gasteiger partial charge in [-0.05, 0) is 42.6 Å². The maximum atomic E-state index is 13.6. The van der Waals surface area contributed by atoms with Crippen molar-refractivity contribution in [3.63, 3.8) is 0 Å². The van der Waals surface area contributed by atoms with Gasteiger partial charge in [0.05, 0.1) is 5.02 Å². The Balaban J connectivity index is 2.32. The van der Waals surface area contributed by atoms with E-state index >= 15 is 0 Å². The third kappa shape index (κ3) is 3.38. The van der Waals surface area contributed by atoms with E-state index in [1.807, 2.05) is 25.1 Å². The zero-order valence-electron chi connectivity index (χ0n) is 11.8. The molecule has 0 fully saturated rings. The second-order valence-electron chi connectivity index (χ2n) is 4.88. The summed E-state index contributed by atoms with van der Waals surface area (Å²) in [6.07, 6.45) is 0.795. The fourth-order valence-corrected chi connectivity index (χ4v) is 2.64. The molecule has 3 heteroatoms. The van der Waals surface area contributed by atoms with E-state index in [-0.39, 0.29) is 16.9 Å². The van der Waals surface area contributed by atoms with Crippen LogP contribution in [0.3, 0.4) is 0 Å². The number of hydrogen-bond acceptors (Lipinski definition) is 1. The highest BCUT2D eigenvalue weighted by Crippen LogP contribution is 2.28. The van der Waals surface area contributed by atoms with Crippen LogP contribution in [0.1, 0.15) is 29.7 Å². The van der Waals surface area contributed by atoms with E-state index in [4.69, 9.17) is 11.6 Å². The van der Waals surface area contributed by atoms with E-state index in [0.29, 0.717) is 0 Å². The van der Waals surface area contributed by atoms with Gasteiger partial charge in [0.2, 0.25) is 0 Å². The van der Waals surface area contributed by atoms with Crippen LogP contribution in [-0.2, 0) is 6.42 Å². The topological polar surface area (TPSA) is 12.0 Å². The fraction of sp³-hybridized carbons (Fsp3) is 0.294. The van der Waals surface area contributed by atoms with Crippen molar-refractivity contribution in [2.24, 2.45) is 0 Å². The van der Waals surface area contributed by atoms with E-state index < -0.39 is 0 Å². The van der Waals surface area contributed by atoms with Crippen molar-refractivity contribution in [1.82, 2.24) is 5.32 Å². The first kappa shape index (κ1) is 15.0. The van der Waals surface area contributed by atoms with Crippen molar-refractivity contribution in [3.8, 4) is 0 Å². The molecule has 0 amide bonds. The molecular formula is C17H19ClFN. The molecular weight excluding hydrogens is 273 g/mol. The largest absolute Gasteiger partial charge is 0.310 e. The summed E-state index contributed by atoms with van der Waals surface area (Å²) in [4.78, 5) is 0. The Kier molecular flexibility index (Phi) is 5.16. The van der Waals surface area contributed by atoms with Gasteiger partial charge in [-0.1, -0.05) is 54.9 Å². The van der Waals surface area contributed by atoms with Crippen molar-refractivity contribution in [3.05, 3.63) is 70.0 Å². The number of hydrogen-bond donors (Lipinski definition) is 1. The van der Waals surface area contributed by atoms with Gasteiger partial charge in [-0.15, -0.1) is 0 Å². The molecule has 0 saturated heterocycles. The molecule has 2 rings (SSSR count). The summed E-state index contributed by atoms with van der Waals surface area (Å²) in [5.74, 6) is -0.364. The zero-order valence-corrected chi connectivity index (χ0v) is 12.5. The molecule has 1 N–H and O–H groups in total. The van der Waals surface area contributed by atoms with Crippen molar-refractivity contribution < 1.29 is 4.39 Å². The smallest absolute Gasteiger partial charge is 0.142 e. The first-order valence-corrected chi connectivity index (χ1v) is 7.23. The van der Waals surface area contributed by atoms with Crippen molar-refractivity contribution >= 4 is 11.6 Å². The van der Waals surface area contributed by atoms with Crippen molar-refractivity contribution in [1.29, 1.82) is 0 Å². The molecule has 0 bridgehead atoms. The average Bonchev–Trinajstić information content (AvgIpc) is 2.44. The van der Waals surface area contributed by atoms with Crippen LogP contribution in [-0.4, -0.2) is 6.54 Å². The molecule has 2 aromatic rings. The minimum Gasteiger partial charge on any atom is -0.310 e. The van der Waals surface area contributed by atoms with Crippen LogP contribution >= 0.6 is 11.6 Å². The highest BCUT2D eigenvalue weighted by molar-refractivity contribution is 6.31. The molecule has 0 heterocycles. The Bertz CT molecular complexity index is 583. The van der Waals surface area contributed by atoms with E-state index in [0.717, 1.165) is 18.5 Å². The standard InChI is InChI=1S/C17H19ClFN/c1-3-20-16(11-13-8-5-4-7-12(13)2)14-9-6-10-15(19)17(14)18/h4-10,16,20H,3,11H2,1-2H3. The van der Waals surface area contributed by atoms with Crippen molar-refractivity contribution in [2.45, 2.75) is 26.3 Å². The number of benzene rings is 2. The summed E-state index contributed by atoms with van der Waals surface area (Å²) < 4.78 is 13.6. The lowest BCUT2D eigenvalue weighted by atomic mass is 9.96. The normalized spacial score (nSPS) is 12.4. The second-order valence-corrected chi connectivity index (χ2v) is 5.26. The van der Waals surface area contributed by atoms with Gasteiger partial charge in [-0.25, -0.2) is 4.39 Å². The molecule has 106 valence electrons. The highest BCUT2D eigenvalue weighted by atomic mass is 35.5. The predicted molar refractivity (Wildman–Crippen MR) is 82.7 cm³/mol. The van der Waals surface area contributed by atoms with Gasteiger partial charge in [0, 0.05) is 6.04 Å². The molecule has 1 atom stereocenters. The summed E-state index contributed by atoms with van der Waals surface area (Å²) in [5.41, 5.74) is 3.30. The molecule has 0 saturated carbocycles. The van der Waals surface area contributed by atoms with Crippen LogP contribution in [0.5, 0.6) is 0 Å². The zero-order chi connectivity index (χ0) is 14.5. The summed E-state index contributed by atoms with van der Waals surface area (Å²) >= 11 is 6.11. The number of rotatable bonds is 5. The first-order chi connectivity index (χ1) is 9.63. The predicted octanol–water partition coefficient (Wildman–Crippen LogP) is 4.68. The number of likely N-dealkylation sites (N-methyl/N-ethyl adjacent to an activating group) is 1. The summed E-state index contributed by atoms with van der Waals surface area (Å²) in [7, 11) is 0. The monoisotopic (exact) mass is 291 g/mol. The van der Waals surface area contributed by atoms with Crippen LogP contribution in [0.15, 0.2) is 42.5 Å². The lowest BCUT2D eigenvalue weighted by Crippen LogP contribution is -2.23. The van der Waals surface area contributed by atoms with Gasteiger partial charge in [0.1, 0.15) is 5.82 Å². The Labute approximate surface area is 124 Å². The molecule has 1 nitrogen and oxygen atoms in total. The SMILES string of the molecule is CCNC(Cc1ccccc1C)c1cccc(F)c1Cl. The van der Waals surface area contributed by atoms with E-state index in [1.54, 1.807) is 6.07 Å². The van der Waals surface area contributed by atoms with E-state index in [9.17, 15) is 4.39 Å². The lowest BCUT2D eigenvalue weighted by Gasteiger charge is -2.21. The molecule has 0 aromatic heterocycles. The summed E-state index contributed by atoms with van der Waals surface area (Å²) in [6, 6.07) is 13.2. The van der Waals surface area contributed by atoms with Gasteiger partial charge in [-0.2, -0.15) is 0 Å². The van der Waals surface area contributed by atoms with Crippen molar-refractivity contribution in [2.75, 3.05) is 6.54 Å². The van der Waals surface area contributed by atoms with Gasteiger partial charge >= 0.3 is 0 Å². The number of aryl methyl sites for hydroxylation is 1. The third-order valence-electron chi connectivity index (χ3n) is 3.49. The fourth-order valence-electron chi connectivity index (χ4n) is 2.39. The minimum atomic E-state index is -0.364. The molecule has 0 aliphatic rings. The Morgan fingerprint density at radius 2 is 1.90 bits per heavy atom. The van der Waals surface area contributed by atoms with Gasteiger partial charge < -0.3 is 5.32 Å². The van der Waals surface area contributed by atoms with Gasteiger partial charge in [0.15, 0.2) is 0 Å². The first-order valence-electron chi connectivity index (χ1n) is 6.85. The highest BCUT2D eigenvalue weighted by Gasteiger charge is 2.17. The minimum absolute atomic E-state index is 0.0179. The lowest BCUT2D eigenvalue weighted by molar-refractivity contribution is 0.542. The molecule has 0 aliphatic heterocycles. The molecule has 20 heavy (non-hydrogen) atoms. The summed E-state index contributed by atoms with van der Waals surface area (Å²) in [6.45, 7) is 4.94. The molecule has 0 aliphatic carbocycles. The van der Waals surface area contributed by atoms with Gasteiger partial charge in [-0.3, -0.25) is 0 Å². The molecule has 0 spiro atoms. The van der Waals surface area contributed by atoms with Crippen LogP contribution < -0.4 is 5.32 Å². The average molecular weight is 292 g/mol. The molecule has 0 radical (unpaired) electrons. The van der Waals surface area contributed by atoms with E-state index in [2.05, 4.69) is 24.4 Å². The Morgan fingerprint density at radius 3 is 2.60 bits per heavy atom. The van der Waals surface area contributed by atoms with E-state index in [1.165, 1.54) is 17.2 Å². The summed E-state index contributed by atoms with van der Waals surface area (Å²) in [5, 5.41) is 3.61. The molecule has 1 unspecified atom stereocenters. The molecule has 2 aromatic carbocycles. The van der Waals surface area contributed by atoms with Crippen LogP contribution in [0, 0.1) is 12.7 Å². The quantitative estimate of drug-likeness (QED) is 0.843. The second kappa shape index (κ2) is 6.87. The number of halogens is 2.